The quantitative estimate of drug-likeness (QED) is 0.392. The Labute approximate surface area is 193 Å². The van der Waals surface area contributed by atoms with E-state index in [0.29, 0.717) is 48.9 Å². The predicted molar refractivity (Wildman–Crippen MR) is 122 cm³/mol. The summed E-state index contributed by atoms with van der Waals surface area (Å²) < 4.78 is 16.3. The Morgan fingerprint density at radius 3 is 2.42 bits per heavy atom. The summed E-state index contributed by atoms with van der Waals surface area (Å²) in [5.74, 6) is -0.490. The van der Waals surface area contributed by atoms with Crippen LogP contribution in [0.4, 0.5) is 0 Å². The van der Waals surface area contributed by atoms with Crippen LogP contribution in [-0.4, -0.2) is 80.2 Å². The number of carbonyl (C=O) groups excluding carboxylic acids is 2. The number of ketones is 1. The van der Waals surface area contributed by atoms with Gasteiger partial charge in [-0.05, 0) is 12.1 Å². The molecule has 2 aromatic carbocycles. The van der Waals surface area contributed by atoms with Crippen LogP contribution in [0.2, 0.25) is 0 Å². The number of methoxy groups -OCH3 is 2. The molecule has 4 rings (SSSR count). The summed E-state index contributed by atoms with van der Waals surface area (Å²) in [6, 6.07) is 13.2. The maximum atomic E-state index is 13.2. The average Bonchev–Trinajstić information content (AvgIpc) is 3.12. The van der Waals surface area contributed by atoms with Crippen molar-refractivity contribution in [1.29, 1.82) is 0 Å². The zero-order chi connectivity index (χ0) is 23.4. The van der Waals surface area contributed by atoms with Crippen LogP contribution in [0.1, 0.15) is 17.2 Å². The van der Waals surface area contributed by atoms with Crippen molar-refractivity contribution in [2.75, 3.05) is 53.6 Å². The van der Waals surface area contributed by atoms with E-state index >= 15 is 0 Å². The van der Waals surface area contributed by atoms with E-state index in [4.69, 9.17) is 14.2 Å². The van der Waals surface area contributed by atoms with Gasteiger partial charge in [-0.1, -0.05) is 30.3 Å². The van der Waals surface area contributed by atoms with E-state index < -0.39 is 17.7 Å². The van der Waals surface area contributed by atoms with Gasteiger partial charge in [0, 0.05) is 43.4 Å². The second-order valence-corrected chi connectivity index (χ2v) is 7.92. The highest BCUT2D eigenvalue weighted by molar-refractivity contribution is 6.46. The number of benzene rings is 2. The fraction of sp³-hybridized carbons (Fsp3) is 0.360. The second kappa shape index (κ2) is 10.1. The first-order chi connectivity index (χ1) is 16.0. The Morgan fingerprint density at radius 2 is 1.76 bits per heavy atom. The normalized spacial score (nSPS) is 20.8. The standard InChI is InChI=1S/C25H28N2O6/c1-31-18-8-9-19(20(16-18)32-2)22-21(23(28)17-6-4-3-5-7-17)24(29)25(30)27(22)11-10-26-12-14-33-15-13-26/h3-9,16,22,28H,10-15H2,1-2H3/t22-/m1/s1. The lowest BCUT2D eigenvalue weighted by Crippen LogP contribution is -2.42. The minimum absolute atomic E-state index is 0.0524. The van der Waals surface area contributed by atoms with Gasteiger partial charge in [-0.2, -0.15) is 0 Å². The molecule has 2 heterocycles. The summed E-state index contributed by atoms with van der Waals surface area (Å²) in [5, 5.41) is 11.1. The lowest BCUT2D eigenvalue weighted by atomic mass is 9.94. The van der Waals surface area contributed by atoms with E-state index in [1.807, 2.05) is 6.07 Å². The molecule has 8 nitrogen and oxygen atoms in total. The maximum absolute atomic E-state index is 13.2. The fourth-order valence-corrected chi connectivity index (χ4v) is 4.30. The first kappa shape index (κ1) is 22.8. The number of Topliss-reactive ketones (excluding diaryl/α,β-unsaturated/α-hetero) is 1. The molecule has 33 heavy (non-hydrogen) atoms. The number of hydrogen-bond donors (Lipinski definition) is 1. The molecule has 1 atom stereocenters. The van der Waals surface area contributed by atoms with Gasteiger partial charge in [-0.3, -0.25) is 14.5 Å². The van der Waals surface area contributed by atoms with Gasteiger partial charge in [0.2, 0.25) is 0 Å². The molecule has 0 spiro atoms. The first-order valence-electron chi connectivity index (χ1n) is 10.9. The highest BCUT2D eigenvalue weighted by atomic mass is 16.5. The Hall–Kier alpha value is -3.36. The summed E-state index contributed by atoms with van der Waals surface area (Å²) in [4.78, 5) is 30.1. The molecule has 0 radical (unpaired) electrons. The van der Waals surface area contributed by atoms with Gasteiger partial charge < -0.3 is 24.2 Å². The third-order valence-corrected chi connectivity index (χ3v) is 6.08. The molecular formula is C25H28N2O6. The topological polar surface area (TPSA) is 88.5 Å². The Bertz CT molecular complexity index is 1050. The van der Waals surface area contributed by atoms with E-state index in [1.54, 1.807) is 49.6 Å². The number of ether oxygens (including phenoxy) is 3. The molecule has 0 bridgehead atoms. The second-order valence-electron chi connectivity index (χ2n) is 7.92. The fourth-order valence-electron chi connectivity index (χ4n) is 4.30. The van der Waals surface area contributed by atoms with E-state index in [1.165, 1.54) is 12.0 Å². The molecule has 174 valence electrons. The SMILES string of the molecule is COc1ccc([C@@H]2C(=C(O)c3ccccc3)C(=O)C(=O)N2CCN2CCOCC2)c(OC)c1. The third kappa shape index (κ3) is 4.58. The zero-order valence-electron chi connectivity index (χ0n) is 18.8. The van der Waals surface area contributed by atoms with Crippen molar-refractivity contribution < 1.29 is 28.9 Å². The zero-order valence-corrected chi connectivity index (χ0v) is 18.8. The molecule has 2 aliphatic rings. The Kier molecular flexibility index (Phi) is 6.96. The molecule has 1 N–H and O–H groups in total. The summed E-state index contributed by atoms with van der Waals surface area (Å²) in [6.45, 7) is 3.74. The van der Waals surface area contributed by atoms with Gasteiger partial charge in [0.1, 0.15) is 17.3 Å². The largest absolute Gasteiger partial charge is 0.507 e. The Balaban J connectivity index is 1.79. The average molecular weight is 453 g/mol. The number of morpholine rings is 1. The van der Waals surface area contributed by atoms with Gasteiger partial charge in [0.15, 0.2) is 0 Å². The van der Waals surface area contributed by atoms with Gasteiger partial charge in [0.25, 0.3) is 11.7 Å². The number of nitrogens with zero attached hydrogens (tertiary/aromatic N) is 2. The molecular weight excluding hydrogens is 424 g/mol. The third-order valence-electron chi connectivity index (χ3n) is 6.08. The summed E-state index contributed by atoms with van der Waals surface area (Å²) in [6.07, 6.45) is 0. The van der Waals surface area contributed by atoms with Crippen LogP contribution in [0, 0.1) is 0 Å². The number of likely N-dealkylation sites (tertiary alicyclic amines) is 1. The predicted octanol–water partition coefficient (Wildman–Crippen LogP) is 2.46. The first-order valence-corrected chi connectivity index (χ1v) is 10.9. The van der Waals surface area contributed by atoms with Gasteiger partial charge in [-0.25, -0.2) is 0 Å². The number of aliphatic hydroxyl groups excluding tert-OH is 1. The van der Waals surface area contributed by atoms with Crippen molar-refractivity contribution in [2.24, 2.45) is 0 Å². The van der Waals surface area contributed by atoms with Gasteiger partial charge in [-0.15, -0.1) is 0 Å². The lowest BCUT2D eigenvalue weighted by Gasteiger charge is -2.31. The van der Waals surface area contributed by atoms with E-state index in [-0.39, 0.29) is 11.3 Å². The molecule has 8 heteroatoms. The molecule has 2 saturated heterocycles. The molecule has 0 aromatic heterocycles. The van der Waals surface area contributed by atoms with E-state index in [9.17, 15) is 14.7 Å². The van der Waals surface area contributed by atoms with E-state index in [2.05, 4.69) is 4.90 Å². The number of hydrogen-bond acceptors (Lipinski definition) is 7. The van der Waals surface area contributed by atoms with Crippen molar-refractivity contribution in [2.45, 2.75) is 6.04 Å². The van der Waals surface area contributed by atoms with Crippen LogP contribution < -0.4 is 9.47 Å². The number of aliphatic hydroxyl groups is 1. The van der Waals surface area contributed by atoms with Crippen LogP contribution in [0.5, 0.6) is 11.5 Å². The molecule has 2 aliphatic heterocycles. The van der Waals surface area contributed by atoms with Gasteiger partial charge >= 0.3 is 0 Å². The number of amides is 1. The molecule has 0 aliphatic carbocycles. The van der Waals surface area contributed by atoms with Crippen molar-refractivity contribution >= 4 is 17.4 Å². The van der Waals surface area contributed by atoms with Crippen LogP contribution in [0.3, 0.4) is 0 Å². The lowest BCUT2D eigenvalue weighted by molar-refractivity contribution is -0.140. The highest BCUT2D eigenvalue weighted by Gasteiger charge is 2.47. The van der Waals surface area contributed by atoms with Crippen molar-refractivity contribution in [3.05, 3.63) is 65.2 Å². The number of carbonyl (C=O) groups is 2. The molecule has 0 saturated carbocycles. The van der Waals surface area contributed by atoms with E-state index in [0.717, 1.165) is 13.1 Å². The minimum Gasteiger partial charge on any atom is -0.507 e. The highest BCUT2D eigenvalue weighted by Crippen LogP contribution is 2.43. The summed E-state index contributed by atoms with van der Waals surface area (Å²) in [5.41, 5.74) is 1.13. The molecule has 1 amide bonds. The van der Waals surface area contributed by atoms with Crippen molar-refractivity contribution in [3.8, 4) is 11.5 Å². The number of rotatable bonds is 7. The maximum Gasteiger partial charge on any atom is 0.295 e. The van der Waals surface area contributed by atoms with Crippen LogP contribution in [0.15, 0.2) is 54.1 Å². The monoisotopic (exact) mass is 452 g/mol. The molecule has 0 unspecified atom stereocenters. The summed E-state index contributed by atoms with van der Waals surface area (Å²) >= 11 is 0. The van der Waals surface area contributed by atoms with Gasteiger partial charge in [0.05, 0.1) is 39.0 Å². The van der Waals surface area contributed by atoms with Crippen molar-refractivity contribution in [1.82, 2.24) is 9.80 Å². The van der Waals surface area contributed by atoms with Crippen LogP contribution >= 0.6 is 0 Å². The minimum atomic E-state index is -0.785. The van der Waals surface area contributed by atoms with Crippen LogP contribution in [0.25, 0.3) is 5.76 Å². The molecule has 2 fully saturated rings. The summed E-state index contributed by atoms with van der Waals surface area (Å²) in [7, 11) is 3.08. The van der Waals surface area contributed by atoms with Crippen molar-refractivity contribution in [3.63, 3.8) is 0 Å². The van der Waals surface area contributed by atoms with Crippen LogP contribution in [-0.2, 0) is 14.3 Å². The smallest absolute Gasteiger partial charge is 0.295 e. The Morgan fingerprint density at radius 1 is 1.03 bits per heavy atom. The molecule has 2 aromatic rings.